The van der Waals surface area contributed by atoms with E-state index in [2.05, 4.69) is 72.7 Å². The fourth-order valence-corrected chi connectivity index (χ4v) is 6.94. The molecule has 5 rings (SSSR count). The average Bonchev–Trinajstić information content (AvgIpc) is 3.31. The third-order valence-electron chi connectivity index (χ3n) is 7.94. The number of likely N-dealkylation sites (N-methyl/N-ethyl adjacent to an activating group) is 1. The summed E-state index contributed by atoms with van der Waals surface area (Å²) >= 11 is 0. The van der Waals surface area contributed by atoms with Crippen LogP contribution in [0, 0.1) is 11.2 Å². The minimum Gasteiger partial charge on any atom is -0.315 e. The lowest BCUT2D eigenvalue weighted by Gasteiger charge is -2.46. The van der Waals surface area contributed by atoms with Gasteiger partial charge in [-0.3, -0.25) is 0 Å². The Bertz CT molecular complexity index is 1360. The number of aromatic nitrogens is 2. The van der Waals surface area contributed by atoms with E-state index in [1.165, 1.54) is 28.8 Å². The van der Waals surface area contributed by atoms with Crippen LogP contribution in [0.4, 0.5) is 4.39 Å². The van der Waals surface area contributed by atoms with Gasteiger partial charge in [-0.1, -0.05) is 38.5 Å². The van der Waals surface area contributed by atoms with Gasteiger partial charge in [-0.25, -0.2) is 17.6 Å². The van der Waals surface area contributed by atoms with Crippen LogP contribution in [0.15, 0.2) is 65.2 Å². The van der Waals surface area contributed by atoms with Gasteiger partial charge in [0.05, 0.1) is 22.5 Å². The molecule has 2 aliphatic rings. The molecule has 6 nitrogen and oxygen atoms in total. The number of nitrogens with one attached hydrogen (secondary N) is 1. The molecule has 2 heterocycles. The molecule has 1 aromatic heterocycles. The number of rotatable bonds is 8. The van der Waals surface area contributed by atoms with E-state index < -0.39 is 11.0 Å². The van der Waals surface area contributed by atoms with Gasteiger partial charge in [-0.2, -0.15) is 5.10 Å². The SMILES string of the molecule is CN(C)CCNCC12Cc3cnn(-c4ccc(F)cc4)c3C=C1CCN(S(=O)c1ccc(C(C)(C)C)cc1)C2. The largest absolute Gasteiger partial charge is 0.315 e. The molecule has 1 N–H and O–H groups in total. The minimum absolute atomic E-state index is 0.0608. The van der Waals surface area contributed by atoms with Gasteiger partial charge in [0.2, 0.25) is 0 Å². The number of hydrogen-bond donors (Lipinski definition) is 1. The van der Waals surface area contributed by atoms with Crippen molar-refractivity contribution in [2.24, 2.45) is 5.41 Å². The summed E-state index contributed by atoms with van der Waals surface area (Å²) in [5.74, 6) is -0.255. The maximum Gasteiger partial charge on any atom is 0.127 e. The Morgan fingerprint density at radius 2 is 1.82 bits per heavy atom. The zero-order valence-corrected chi connectivity index (χ0v) is 24.5. The molecule has 0 spiro atoms. The monoisotopic (exact) mass is 549 g/mol. The molecule has 0 bridgehead atoms. The molecule has 2 unspecified atom stereocenters. The van der Waals surface area contributed by atoms with Crippen LogP contribution in [-0.4, -0.2) is 70.0 Å². The quantitative estimate of drug-likeness (QED) is 0.410. The maximum atomic E-state index is 13.8. The lowest BCUT2D eigenvalue weighted by molar-refractivity contribution is 0.208. The standard InChI is InChI=1S/C31H40FN5OS/c1-30(2,3)24-6-12-28(13-7-24)39(38)36-16-14-25-18-29-23(19-31(25,22-36)21-33-15-17-35(4)5)20-34-37(29)27-10-8-26(32)9-11-27/h6-13,18,20,33H,14-17,19,21-22H2,1-5H3. The highest BCUT2D eigenvalue weighted by Crippen LogP contribution is 2.44. The van der Waals surface area contributed by atoms with Crippen molar-refractivity contribution in [3.8, 4) is 5.69 Å². The fourth-order valence-electron chi connectivity index (χ4n) is 5.65. The molecule has 3 aromatic rings. The normalized spacial score (nSPS) is 20.4. The molecule has 1 saturated heterocycles. The molecule has 1 aliphatic heterocycles. The Hall–Kier alpha value is -2.65. The predicted octanol–water partition coefficient (Wildman–Crippen LogP) is 4.81. The zero-order valence-electron chi connectivity index (χ0n) is 23.7. The highest BCUT2D eigenvalue weighted by molar-refractivity contribution is 7.82. The Morgan fingerprint density at radius 1 is 1.10 bits per heavy atom. The number of halogens is 1. The first-order chi connectivity index (χ1) is 18.6. The van der Waals surface area contributed by atoms with Gasteiger partial charge in [0.1, 0.15) is 16.8 Å². The molecule has 208 valence electrons. The van der Waals surface area contributed by atoms with Crippen molar-refractivity contribution >= 4 is 17.1 Å². The van der Waals surface area contributed by atoms with Crippen molar-refractivity contribution in [1.82, 2.24) is 24.3 Å². The van der Waals surface area contributed by atoms with Crippen LogP contribution in [0.5, 0.6) is 0 Å². The van der Waals surface area contributed by atoms with Gasteiger partial charge in [0, 0.05) is 38.1 Å². The smallest absolute Gasteiger partial charge is 0.127 e. The molecule has 39 heavy (non-hydrogen) atoms. The summed E-state index contributed by atoms with van der Waals surface area (Å²) in [5, 5.41) is 8.38. The van der Waals surface area contributed by atoms with Crippen LogP contribution >= 0.6 is 0 Å². The minimum atomic E-state index is -1.23. The zero-order chi connectivity index (χ0) is 27.8. The van der Waals surface area contributed by atoms with Gasteiger partial charge in [0.15, 0.2) is 0 Å². The van der Waals surface area contributed by atoms with Gasteiger partial charge < -0.3 is 10.2 Å². The van der Waals surface area contributed by atoms with E-state index in [9.17, 15) is 8.60 Å². The molecule has 0 radical (unpaired) electrons. The summed E-state index contributed by atoms with van der Waals surface area (Å²) in [5.41, 5.74) is 5.58. The highest BCUT2D eigenvalue weighted by atomic mass is 32.2. The van der Waals surface area contributed by atoms with Crippen molar-refractivity contribution in [3.63, 3.8) is 0 Å². The highest BCUT2D eigenvalue weighted by Gasteiger charge is 2.44. The van der Waals surface area contributed by atoms with Crippen molar-refractivity contribution in [2.75, 3.05) is 46.8 Å². The Kier molecular flexibility index (Phi) is 7.93. The van der Waals surface area contributed by atoms with E-state index in [1.54, 1.807) is 12.1 Å². The lowest BCUT2D eigenvalue weighted by Crippen LogP contribution is -2.52. The number of hydrogen-bond acceptors (Lipinski definition) is 4. The summed E-state index contributed by atoms with van der Waals surface area (Å²) in [7, 11) is 2.93. The van der Waals surface area contributed by atoms with E-state index in [-0.39, 0.29) is 16.6 Å². The molecule has 2 aromatic carbocycles. The summed E-state index contributed by atoms with van der Waals surface area (Å²) in [6.45, 7) is 10.7. The van der Waals surface area contributed by atoms with Crippen molar-refractivity contribution in [1.29, 1.82) is 0 Å². The first-order valence-corrected chi connectivity index (χ1v) is 14.8. The van der Waals surface area contributed by atoms with E-state index in [1.807, 2.05) is 23.0 Å². The second-order valence-electron chi connectivity index (χ2n) is 12.2. The number of piperidine rings is 1. The first-order valence-electron chi connectivity index (χ1n) is 13.7. The molecule has 0 amide bonds. The van der Waals surface area contributed by atoms with Gasteiger partial charge in [0.25, 0.3) is 0 Å². The molecule has 0 saturated carbocycles. The van der Waals surface area contributed by atoms with Crippen LogP contribution in [-0.2, 0) is 22.8 Å². The number of benzene rings is 2. The number of fused-ring (bicyclic) bond motifs is 2. The topological polar surface area (TPSA) is 53.4 Å². The summed E-state index contributed by atoms with van der Waals surface area (Å²) in [6, 6.07) is 14.7. The van der Waals surface area contributed by atoms with Crippen LogP contribution in [0.2, 0.25) is 0 Å². The average molecular weight is 550 g/mol. The second kappa shape index (κ2) is 11.1. The Balaban J connectivity index is 1.42. The van der Waals surface area contributed by atoms with Gasteiger partial charge in [-0.05, 0) is 86.0 Å². The lowest BCUT2D eigenvalue weighted by atomic mass is 9.68. The molecular formula is C31H40FN5OS. The second-order valence-corrected chi connectivity index (χ2v) is 13.7. The third-order valence-corrected chi connectivity index (χ3v) is 9.40. The van der Waals surface area contributed by atoms with Crippen molar-refractivity contribution < 1.29 is 8.60 Å². The van der Waals surface area contributed by atoms with Crippen molar-refractivity contribution in [2.45, 2.75) is 43.9 Å². The van der Waals surface area contributed by atoms with E-state index >= 15 is 0 Å². The third kappa shape index (κ3) is 5.94. The van der Waals surface area contributed by atoms with E-state index in [0.29, 0.717) is 6.54 Å². The molecular weight excluding hydrogens is 509 g/mol. The fraction of sp³-hybridized carbons (Fsp3) is 0.452. The van der Waals surface area contributed by atoms with E-state index in [4.69, 9.17) is 0 Å². The summed E-state index contributed by atoms with van der Waals surface area (Å²) < 4.78 is 31.4. The molecule has 1 fully saturated rings. The Morgan fingerprint density at radius 3 is 2.49 bits per heavy atom. The van der Waals surface area contributed by atoms with Crippen LogP contribution < -0.4 is 5.32 Å². The predicted molar refractivity (Wildman–Crippen MR) is 157 cm³/mol. The van der Waals surface area contributed by atoms with Gasteiger partial charge in [-0.15, -0.1) is 0 Å². The first kappa shape index (κ1) is 27.9. The summed E-state index contributed by atoms with van der Waals surface area (Å²) in [4.78, 5) is 3.03. The van der Waals surface area contributed by atoms with E-state index in [0.717, 1.165) is 55.3 Å². The van der Waals surface area contributed by atoms with Gasteiger partial charge >= 0.3 is 0 Å². The molecule has 2 atom stereocenters. The Labute approximate surface area is 234 Å². The van der Waals surface area contributed by atoms with Crippen LogP contribution in [0.25, 0.3) is 11.8 Å². The van der Waals surface area contributed by atoms with Crippen LogP contribution in [0.3, 0.4) is 0 Å². The molecule has 1 aliphatic carbocycles. The maximum absolute atomic E-state index is 13.8. The van der Waals surface area contributed by atoms with Crippen molar-refractivity contribution in [3.05, 3.63) is 82.9 Å². The number of nitrogens with zero attached hydrogens (tertiary/aromatic N) is 4. The van der Waals surface area contributed by atoms with Crippen LogP contribution in [0.1, 0.15) is 44.0 Å². The molecule has 8 heteroatoms. The summed E-state index contributed by atoms with van der Waals surface area (Å²) in [6.07, 6.45) is 5.88.